The molecule has 0 radical (unpaired) electrons. The molecule has 98 valence electrons. The summed E-state index contributed by atoms with van der Waals surface area (Å²) < 4.78 is 23.6. The molecule has 0 bridgehead atoms. The van der Waals surface area contributed by atoms with Gasteiger partial charge in [-0.2, -0.15) is 0 Å². The maximum absolute atomic E-state index is 14.0. The van der Waals surface area contributed by atoms with Gasteiger partial charge in [0.15, 0.2) is 5.82 Å². The Morgan fingerprint density at radius 1 is 1.21 bits per heavy atom. The maximum Gasteiger partial charge on any atom is 0.343 e. The largest absolute Gasteiger partial charge is 0.480 e. The van der Waals surface area contributed by atoms with E-state index in [1.54, 1.807) is 24.3 Å². The third-order valence-electron chi connectivity index (χ3n) is 2.59. The van der Waals surface area contributed by atoms with Crippen molar-refractivity contribution in [1.29, 1.82) is 0 Å². The Hall–Kier alpha value is -2.43. The van der Waals surface area contributed by atoms with Crippen LogP contribution >= 0.6 is 0 Å². The van der Waals surface area contributed by atoms with Crippen LogP contribution in [0.5, 0.6) is 5.88 Å². The van der Waals surface area contributed by atoms with Crippen molar-refractivity contribution in [3.63, 3.8) is 0 Å². The number of carbonyl (C=O) groups excluding carboxylic acids is 1. The van der Waals surface area contributed by atoms with E-state index in [1.807, 2.05) is 6.07 Å². The Morgan fingerprint density at radius 3 is 2.47 bits per heavy atom. The second kappa shape index (κ2) is 5.48. The molecule has 0 aliphatic carbocycles. The minimum Gasteiger partial charge on any atom is -0.480 e. The number of benzene rings is 1. The standard InChI is InChI=1S/C14H12FNO3/c1-18-13-10(14(17)19-2)8-11(15)12(16-13)9-6-4-3-5-7-9/h3-8H,1-2H3. The van der Waals surface area contributed by atoms with Crippen LogP contribution in [-0.2, 0) is 4.74 Å². The van der Waals surface area contributed by atoms with Crippen LogP contribution in [0.25, 0.3) is 11.3 Å². The van der Waals surface area contributed by atoms with Gasteiger partial charge in [-0.15, -0.1) is 0 Å². The Morgan fingerprint density at radius 2 is 1.89 bits per heavy atom. The Balaban J connectivity index is 2.57. The van der Waals surface area contributed by atoms with E-state index in [0.29, 0.717) is 5.56 Å². The fourth-order valence-corrected chi connectivity index (χ4v) is 1.68. The lowest BCUT2D eigenvalue weighted by atomic mass is 10.1. The zero-order valence-corrected chi connectivity index (χ0v) is 10.5. The maximum atomic E-state index is 14.0. The molecule has 4 nitrogen and oxygen atoms in total. The predicted octanol–water partition coefficient (Wildman–Crippen LogP) is 2.68. The van der Waals surface area contributed by atoms with Gasteiger partial charge in [-0.25, -0.2) is 14.2 Å². The van der Waals surface area contributed by atoms with Crippen LogP contribution in [0.4, 0.5) is 4.39 Å². The molecule has 0 unspecified atom stereocenters. The molecule has 0 atom stereocenters. The molecule has 5 heteroatoms. The molecule has 2 rings (SSSR count). The first-order valence-electron chi connectivity index (χ1n) is 5.55. The van der Waals surface area contributed by atoms with E-state index in [4.69, 9.17) is 4.74 Å². The molecule has 0 fully saturated rings. The Kier molecular flexibility index (Phi) is 3.75. The quantitative estimate of drug-likeness (QED) is 0.797. The lowest BCUT2D eigenvalue weighted by molar-refractivity contribution is 0.0595. The fraction of sp³-hybridized carbons (Fsp3) is 0.143. The topological polar surface area (TPSA) is 48.4 Å². The van der Waals surface area contributed by atoms with Crippen molar-refractivity contribution in [2.24, 2.45) is 0 Å². The molecule has 1 heterocycles. The van der Waals surface area contributed by atoms with Crippen LogP contribution in [0.3, 0.4) is 0 Å². The second-order valence-electron chi connectivity index (χ2n) is 3.73. The third-order valence-corrected chi connectivity index (χ3v) is 2.59. The first kappa shape index (κ1) is 13.0. The van der Waals surface area contributed by atoms with E-state index in [-0.39, 0.29) is 17.1 Å². The third kappa shape index (κ3) is 2.54. The molecule has 0 spiro atoms. The number of halogens is 1. The first-order chi connectivity index (χ1) is 9.17. The van der Waals surface area contributed by atoms with Crippen LogP contribution in [0.1, 0.15) is 10.4 Å². The molecule has 0 saturated carbocycles. The molecular formula is C14H12FNO3. The highest BCUT2D eigenvalue weighted by Gasteiger charge is 2.19. The average molecular weight is 261 g/mol. The van der Waals surface area contributed by atoms with Crippen LogP contribution in [0.2, 0.25) is 0 Å². The molecule has 0 amide bonds. The molecule has 2 aromatic rings. The van der Waals surface area contributed by atoms with Gasteiger partial charge in [0.05, 0.1) is 14.2 Å². The van der Waals surface area contributed by atoms with E-state index >= 15 is 0 Å². The van der Waals surface area contributed by atoms with Gasteiger partial charge >= 0.3 is 5.97 Å². The summed E-state index contributed by atoms with van der Waals surface area (Å²) in [6, 6.07) is 9.89. The summed E-state index contributed by atoms with van der Waals surface area (Å²) in [4.78, 5) is 15.5. The predicted molar refractivity (Wildman–Crippen MR) is 67.5 cm³/mol. The van der Waals surface area contributed by atoms with Crippen molar-refractivity contribution in [1.82, 2.24) is 4.98 Å². The summed E-state index contributed by atoms with van der Waals surface area (Å²) in [6.07, 6.45) is 0. The highest BCUT2D eigenvalue weighted by Crippen LogP contribution is 2.26. The van der Waals surface area contributed by atoms with E-state index in [9.17, 15) is 9.18 Å². The lowest BCUT2D eigenvalue weighted by Gasteiger charge is -2.09. The number of carbonyl (C=O) groups is 1. The number of rotatable bonds is 3. The van der Waals surface area contributed by atoms with Gasteiger partial charge in [-0.1, -0.05) is 30.3 Å². The Labute approximate surface area is 109 Å². The molecule has 1 aromatic carbocycles. The zero-order chi connectivity index (χ0) is 13.8. The molecule has 19 heavy (non-hydrogen) atoms. The molecule has 0 saturated heterocycles. The van der Waals surface area contributed by atoms with Crippen molar-refractivity contribution < 1.29 is 18.7 Å². The molecular weight excluding hydrogens is 249 g/mol. The summed E-state index contributed by atoms with van der Waals surface area (Å²) in [5, 5.41) is 0. The summed E-state index contributed by atoms with van der Waals surface area (Å²) in [5.41, 5.74) is 0.696. The van der Waals surface area contributed by atoms with E-state index in [2.05, 4.69) is 9.72 Å². The van der Waals surface area contributed by atoms with Gasteiger partial charge in [0.25, 0.3) is 0 Å². The van der Waals surface area contributed by atoms with E-state index in [0.717, 1.165) is 6.07 Å². The monoisotopic (exact) mass is 261 g/mol. The smallest absolute Gasteiger partial charge is 0.343 e. The van der Waals surface area contributed by atoms with Gasteiger partial charge in [0, 0.05) is 5.56 Å². The number of pyridine rings is 1. The van der Waals surface area contributed by atoms with Crippen molar-refractivity contribution in [2.75, 3.05) is 14.2 Å². The summed E-state index contributed by atoms with van der Waals surface area (Å²) >= 11 is 0. The highest BCUT2D eigenvalue weighted by atomic mass is 19.1. The van der Waals surface area contributed by atoms with Crippen molar-refractivity contribution in [3.8, 4) is 17.1 Å². The van der Waals surface area contributed by atoms with Crippen molar-refractivity contribution >= 4 is 5.97 Å². The fourth-order valence-electron chi connectivity index (χ4n) is 1.68. The lowest BCUT2D eigenvalue weighted by Crippen LogP contribution is -2.07. The van der Waals surface area contributed by atoms with Gasteiger partial charge in [0.2, 0.25) is 5.88 Å². The van der Waals surface area contributed by atoms with Crippen LogP contribution < -0.4 is 4.74 Å². The van der Waals surface area contributed by atoms with Crippen molar-refractivity contribution in [3.05, 3.63) is 47.8 Å². The van der Waals surface area contributed by atoms with Gasteiger partial charge in [-0.05, 0) is 6.07 Å². The number of ether oxygens (including phenoxy) is 2. The SMILES string of the molecule is COC(=O)c1cc(F)c(-c2ccccc2)nc1OC. The first-order valence-corrected chi connectivity index (χ1v) is 5.55. The van der Waals surface area contributed by atoms with Gasteiger partial charge in [0.1, 0.15) is 11.3 Å². The molecule has 1 aromatic heterocycles. The van der Waals surface area contributed by atoms with Gasteiger partial charge < -0.3 is 9.47 Å². The Bertz CT molecular complexity index is 599. The average Bonchev–Trinajstić information content (AvgIpc) is 2.47. The van der Waals surface area contributed by atoms with E-state index in [1.165, 1.54) is 14.2 Å². The van der Waals surface area contributed by atoms with Crippen LogP contribution in [-0.4, -0.2) is 25.2 Å². The summed E-state index contributed by atoms with van der Waals surface area (Å²) in [6.45, 7) is 0. The number of hydrogen-bond acceptors (Lipinski definition) is 4. The van der Waals surface area contributed by atoms with Crippen LogP contribution in [0.15, 0.2) is 36.4 Å². The summed E-state index contributed by atoms with van der Waals surface area (Å²) in [7, 11) is 2.58. The number of esters is 1. The van der Waals surface area contributed by atoms with E-state index < -0.39 is 11.8 Å². The minimum atomic E-state index is -0.692. The number of methoxy groups -OCH3 is 2. The highest BCUT2D eigenvalue weighted by molar-refractivity contribution is 5.92. The molecule has 0 N–H and O–H groups in total. The molecule has 0 aliphatic heterocycles. The second-order valence-corrected chi connectivity index (χ2v) is 3.73. The van der Waals surface area contributed by atoms with Crippen molar-refractivity contribution in [2.45, 2.75) is 0 Å². The summed E-state index contributed by atoms with van der Waals surface area (Å²) in [5.74, 6) is -1.26. The number of aromatic nitrogens is 1. The number of nitrogens with zero attached hydrogens (tertiary/aromatic N) is 1. The number of hydrogen-bond donors (Lipinski definition) is 0. The van der Waals surface area contributed by atoms with Gasteiger partial charge in [-0.3, -0.25) is 0 Å². The zero-order valence-electron chi connectivity index (χ0n) is 10.5. The van der Waals surface area contributed by atoms with Crippen LogP contribution in [0, 0.1) is 5.82 Å². The molecule has 0 aliphatic rings. The minimum absolute atomic E-state index is 0.0344. The normalized spacial score (nSPS) is 10.1.